The maximum atomic E-state index is 9.47. The molecule has 0 aromatic carbocycles. The van der Waals surface area contributed by atoms with E-state index in [2.05, 4.69) is 16.0 Å². The van der Waals surface area contributed by atoms with E-state index in [1.807, 2.05) is 0 Å². The van der Waals surface area contributed by atoms with Crippen LogP contribution in [-0.2, 0) is 0 Å². The van der Waals surface area contributed by atoms with Gasteiger partial charge in [-0.2, -0.15) is 5.06 Å². The van der Waals surface area contributed by atoms with Crippen LogP contribution >= 0.6 is 12.4 Å². The summed E-state index contributed by atoms with van der Waals surface area (Å²) in [5, 5.41) is 20.3. The van der Waals surface area contributed by atoms with Gasteiger partial charge >= 0.3 is 0 Å². The van der Waals surface area contributed by atoms with Crippen LogP contribution < -0.4 is 21.7 Å². The monoisotopic (exact) mass is 239 g/mol. The molecule has 6 N–H and O–H groups in total. The van der Waals surface area contributed by atoms with Crippen LogP contribution in [-0.4, -0.2) is 62.2 Å². The summed E-state index contributed by atoms with van der Waals surface area (Å²) in [6.07, 6.45) is -0.323. The van der Waals surface area contributed by atoms with Crippen molar-refractivity contribution >= 4 is 12.4 Å². The van der Waals surface area contributed by atoms with Gasteiger partial charge < -0.3 is 26.9 Å². The van der Waals surface area contributed by atoms with Gasteiger partial charge in [0.05, 0.1) is 6.17 Å². The fourth-order valence-electron chi connectivity index (χ4n) is 1.32. The molecule has 0 aromatic heterocycles. The first-order chi connectivity index (χ1) is 6.80. The molecule has 0 bridgehead atoms. The van der Waals surface area contributed by atoms with Crippen molar-refractivity contribution < 1.29 is 5.21 Å². The van der Waals surface area contributed by atoms with Gasteiger partial charge in [0.15, 0.2) is 0 Å². The minimum Gasteiger partial charge on any atom is -0.314 e. The molecule has 0 radical (unpaired) electrons. The molecule has 1 rings (SSSR count). The Balaban J connectivity index is 0.00000196. The lowest BCUT2D eigenvalue weighted by molar-refractivity contribution is -0.122. The van der Waals surface area contributed by atoms with Crippen LogP contribution in [0.2, 0.25) is 0 Å². The molecule has 7 heteroatoms. The summed E-state index contributed by atoms with van der Waals surface area (Å²) < 4.78 is 0. The second kappa shape index (κ2) is 9.29. The van der Waals surface area contributed by atoms with E-state index < -0.39 is 0 Å². The van der Waals surface area contributed by atoms with E-state index in [9.17, 15) is 5.21 Å². The first-order valence-corrected chi connectivity index (χ1v) is 5.14. The third-order valence-electron chi connectivity index (χ3n) is 2.21. The first kappa shape index (κ1) is 15.0. The third kappa shape index (κ3) is 7.02. The summed E-state index contributed by atoms with van der Waals surface area (Å²) in [7, 11) is 0. The van der Waals surface area contributed by atoms with E-state index in [4.69, 9.17) is 5.73 Å². The first-order valence-electron chi connectivity index (χ1n) is 5.14. The lowest BCUT2D eigenvalue weighted by atomic mass is 10.4. The van der Waals surface area contributed by atoms with E-state index in [-0.39, 0.29) is 18.6 Å². The van der Waals surface area contributed by atoms with Crippen molar-refractivity contribution in [2.75, 3.05) is 45.8 Å². The summed E-state index contributed by atoms with van der Waals surface area (Å²) >= 11 is 0. The maximum Gasteiger partial charge on any atom is 0.0942 e. The molecule has 92 valence electrons. The highest BCUT2D eigenvalue weighted by Crippen LogP contribution is 1.85. The highest BCUT2D eigenvalue weighted by molar-refractivity contribution is 5.85. The summed E-state index contributed by atoms with van der Waals surface area (Å²) in [5.74, 6) is 0. The fourth-order valence-corrected chi connectivity index (χ4v) is 1.32. The molecule has 0 amide bonds. The fraction of sp³-hybridized carbons (Fsp3) is 1.00. The molecular formula is C8H22ClN5O. The average molecular weight is 240 g/mol. The lowest BCUT2D eigenvalue weighted by Crippen LogP contribution is -2.50. The zero-order valence-electron chi connectivity index (χ0n) is 8.91. The van der Waals surface area contributed by atoms with Gasteiger partial charge in [-0.15, -0.1) is 12.4 Å². The van der Waals surface area contributed by atoms with Crippen LogP contribution in [0, 0.1) is 0 Å². The Morgan fingerprint density at radius 3 is 2.20 bits per heavy atom. The highest BCUT2D eigenvalue weighted by Gasteiger charge is 2.10. The molecule has 6 nitrogen and oxygen atoms in total. The molecule has 1 saturated heterocycles. The molecular weight excluding hydrogens is 218 g/mol. The van der Waals surface area contributed by atoms with E-state index in [1.165, 1.54) is 5.06 Å². The zero-order chi connectivity index (χ0) is 10.2. The Bertz CT molecular complexity index is 135. The largest absolute Gasteiger partial charge is 0.314 e. The summed E-state index contributed by atoms with van der Waals surface area (Å²) in [4.78, 5) is 0. The van der Waals surface area contributed by atoms with E-state index in [0.717, 1.165) is 32.7 Å². The van der Waals surface area contributed by atoms with Gasteiger partial charge in [-0.25, -0.2) is 0 Å². The number of nitrogens with one attached hydrogen (secondary N) is 3. The van der Waals surface area contributed by atoms with Crippen molar-refractivity contribution in [3.63, 3.8) is 0 Å². The number of hydrogen-bond acceptors (Lipinski definition) is 6. The molecule has 1 atom stereocenters. The van der Waals surface area contributed by atoms with Crippen LogP contribution in [0.25, 0.3) is 0 Å². The average Bonchev–Trinajstić information content (AvgIpc) is 2.18. The predicted octanol–water partition coefficient (Wildman–Crippen LogP) is -1.83. The predicted molar refractivity (Wildman–Crippen MR) is 62.3 cm³/mol. The molecule has 0 spiro atoms. The minimum atomic E-state index is -0.323. The number of halogens is 1. The Hall–Kier alpha value is 0.0500. The van der Waals surface area contributed by atoms with Gasteiger partial charge in [0.1, 0.15) is 0 Å². The van der Waals surface area contributed by atoms with Gasteiger partial charge in [0, 0.05) is 45.8 Å². The maximum absolute atomic E-state index is 9.47. The summed E-state index contributed by atoms with van der Waals surface area (Å²) in [6, 6.07) is 0. The Morgan fingerprint density at radius 1 is 1.00 bits per heavy atom. The van der Waals surface area contributed by atoms with Crippen molar-refractivity contribution in [1.82, 2.24) is 21.0 Å². The summed E-state index contributed by atoms with van der Waals surface area (Å²) in [5.41, 5.74) is 5.72. The Kier molecular flexibility index (Phi) is 9.32. The smallest absolute Gasteiger partial charge is 0.0942 e. The van der Waals surface area contributed by atoms with Crippen molar-refractivity contribution in [2.45, 2.75) is 6.17 Å². The van der Waals surface area contributed by atoms with Crippen molar-refractivity contribution in [2.24, 2.45) is 5.73 Å². The standard InChI is InChI=1S/C8H21N5O.ClH/c9-8-7-12-4-3-10-1-2-11-5-6-13(8)14;/h8,10-12,14H,1-7,9H2;1H. The molecule has 1 aliphatic rings. The molecule has 15 heavy (non-hydrogen) atoms. The van der Waals surface area contributed by atoms with Crippen LogP contribution in [0.5, 0.6) is 0 Å². The molecule has 1 fully saturated rings. The van der Waals surface area contributed by atoms with Crippen LogP contribution in [0.4, 0.5) is 0 Å². The summed E-state index contributed by atoms with van der Waals surface area (Å²) in [6.45, 7) is 5.61. The third-order valence-corrected chi connectivity index (χ3v) is 2.21. The van der Waals surface area contributed by atoms with Crippen LogP contribution in [0.3, 0.4) is 0 Å². The molecule has 1 heterocycles. The number of hydroxylamine groups is 2. The minimum absolute atomic E-state index is 0. The van der Waals surface area contributed by atoms with E-state index in [0.29, 0.717) is 13.1 Å². The lowest BCUT2D eigenvalue weighted by Gasteiger charge is -2.23. The number of hydrogen-bond donors (Lipinski definition) is 5. The Morgan fingerprint density at radius 2 is 1.53 bits per heavy atom. The SMILES string of the molecule is Cl.NC1CNCCNCCNCCN1O. The second-order valence-corrected chi connectivity index (χ2v) is 3.43. The van der Waals surface area contributed by atoms with Crippen molar-refractivity contribution in [1.29, 1.82) is 0 Å². The molecule has 0 aliphatic carbocycles. The zero-order valence-corrected chi connectivity index (χ0v) is 9.72. The van der Waals surface area contributed by atoms with Gasteiger partial charge in [-0.1, -0.05) is 0 Å². The topological polar surface area (TPSA) is 85.6 Å². The van der Waals surface area contributed by atoms with E-state index >= 15 is 0 Å². The van der Waals surface area contributed by atoms with Gasteiger partial charge in [0.2, 0.25) is 0 Å². The number of nitrogens with two attached hydrogens (primary N) is 1. The quantitative estimate of drug-likeness (QED) is 0.342. The molecule has 0 saturated carbocycles. The Labute approximate surface area is 96.9 Å². The van der Waals surface area contributed by atoms with Gasteiger partial charge in [0.25, 0.3) is 0 Å². The number of rotatable bonds is 0. The van der Waals surface area contributed by atoms with Gasteiger partial charge in [-0.05, 0) is 0 Å². The molecule has 1 aliphatic heterocycles. The molecule has 1 unspecified atom stereocenters. The highest BCUT2D eigenvalue weighted by atomic mass is 35.5. The van der Waals surface area contributed by atoms with Gasteiger partial charge in [-0.3, -0.25) is 0 Å². The number of nitrogens with zero attached hydrogens (tertiary/aromatic N) is 1. The van der Waals surface area contributed by atoms with E-state index in [1.54, 1.807) is 0 Å². The van der Waals surface area contributed by atoms with Crippen LogP contribution in [0.15, 0.2) is 0 Å². The molecule has 0 aromatic rings. The van der Waals surface area contributed by atoms with Crippen molar-refractivity contribution in [3.8, 4) is 0 Å². The van der Waals surface area contributed by atoms with Crippen LogP contribution in [0.1, 0.15) is 0 Å². The van der Waals surface area contributed by atoms with Crippen molar-refractivity contribution in [3.05, 3.63) is 0 Å². The second-order valence-electron chi connectivity index (χ2n) is 3.43. The normalized spacial score (nSPS) is 27.2.